The van der Waals surface area contributed by atoms with Crippen LogP contribution in [0.1, 0.15) is 25.1 Å². The van der Waals surface area contributed by atoms with Gasteiger partial charge in [-0.05, 0) is 29.3 Å². The first kappa shape index (κ1) is 14.7. The molecule has 6 heteroatoms. The summed E-state index contributed by atoms with van der Waals surface area (Å²) in [6.45, 7) is 2.00. The first-order chi connectivity index (χ1) is 10.6. The van der Waals surface area contributed by atoms with E-state index in [0.717, 1.165) is 17.2 Å². The molecule has 5 nitrogen and oxygen atoms in total. The molecule has 0 aliphatic carbocycles. The van der Waals surface area contributed by atoms with Crippen LogP contribution in [0.25, 0.3) is 10.8 Å². The second-order valence-electron chi connectivity index (χ2n) is 5.12. The van der Waals surface area contributed by atoms with Crippen LogP contribution in [0.15, 0.2) is 51.9 Å². The summed E-state index contributed by atoms with van der Waals surface area (Å²) < 4.78 is 30.0. The Morgan fingerprint density at radius 1 is 1.09 bits per heavy atom. The second kappa shape index (κ2) is 5.88. The quantitative estimate of drug-likeness (QED) is 0.723. The monoisotopic (exact) mass is 316 g/mol. The lowest BCUT2D eigenvalue weighted by atomic mass is 10.1. The maximum Gasteiger partial charge on any atom is 0.242 e. The Balaban J connectivity index is 1.89. The van der Waals surface area contributed by atoms with Crippen molar-refractivity contribution < 1.29 is 12.9 Å². The number of benzene rings is 2. The van der Waals surface area contributed by atoms with Crippen LogP contribution in [0.3, 0.4) is 0 Å². The van der Waals surface area contributed by atoms with Gasteiger partial charge in [0.05, 0.1) is 4.90 Å². The topological polar surface area (TPSA) is 73.1 Å². The van der Waals surface area contributed by atoms with E-state index in [0.29, 0.717) is 12.2 Å². The van der Waals surface area contributed by atoms with Gasteiger partial charge >= 0.3 is 0 Å². The lowest BCUT2D eigenvalue weighted by Gasteiger charge is -2.03. The van der Waals surface area contributed by atoms with E-state index in [9.17, 15) is 8.42 Å². The number of nitrogens with zero attached hydrogens (tertiary/aromatic N) is 2. The molecule has 0 atom stereocenters. The predicted octanol–water partition coefficient (Wildman–Crippen LogP) is 3.15. The van der Waals surface area contributed by atoms with Gasteiger partial charge in [0, 0.05) is 6.42 Å². The van der Waals surface area contributed by atoms with Crippen LogP contribution in [0.5, 0.6) is 0 Å². The number of hydrogen-bond acceptors (Lipinski definition) is 5. The molecule has 0 radical (unpaired) electrons. The Morgan fingerprint density at radius 2 is 1.86 bits per heavy atom. The number of hydrogen-bond donors (Lipinski definition) is 0. The highest BCUT2D eigenvalue weighted by Gasteiger charge is 2.20. The van der Waals surface area contributed by atoms with Gasteiger partial charge in [0.1, 0.15) is 5.75 Å². The van der Waals surface area contributed by atoms with E-state index in [-0.39, 0.29) is 16.5 Å². The minimum atomic E-state index is -3.50. The third-order valence-electron chi connectivity index (χ3n) is 3.38. The number of aromatic nitrogens is 2. The molecule has 2 aromatic carbocycles. The molecule has 0 amide bonds. The minimum absolute atomic E-state index is 0.136. The highest BCUT2D eigenvalue weighted by Crippen LogP contribution is 2.21. The summed E-state index contributed by atoms with van der Waals surface area (Å²) in [5.41, 5.74) is 0. The second-order valence-corrected chi connectivity index (χ2v) is 7.11. The number of fused-ring (bicyclic) bond motifs is 1. The smallest absolute Gasteiger partial charge is 0.242 e. The molecule has 0 bridgehead atoms. The van der Waals surface area contributed by atoms with Crippen LogP contribution in [-0.2, 0) is 22.0 Å². The SMILES string of the molecule is CCCc1noc(CS(=O)(=O)c2ccc3ccccc3c2)n1. The highest BCUT2D eigenvalue weighted by molar-refractivity contribution is 7.90. The van der Waals surface area contributed by atoms with Gasteiger partial charge in [0.25, 0.3) is 0 Å². The van der Waals surface area contributed by atoms with E-state index in [2.05, 4.69) is 10.1 Å². The zero-order chi connectivity index (χ0) is 15.6. The molecule has 0 spiro atoms. The van der Waals surface area contributed by atoms with Crippen LogP contribution in [-0.4, -0.2) is 18.6 Å². The molecular formula is C16H16N2O3S. The van der Waals surface area contributed by atoms with Crippen molar-refractivity contribution in [2.75, 3.05) is 0 Å². The maximum atomic E-state index is 12.5. The molecule has 0 aliphatic heterocycles. The lowest BCUT2D eigenvalue weighted by Crippen LogP contribution is -2.05. The summed E-state index contributed by atoms with van der Waals surface area (Å²) >= 11 is 0. The van der Waals surface area contributed by atoms with E-state index in [1.807, 2.05) is 31.2 Å². The summed E-state index contributed by atoms with van der Waals surface area (Å²) in [7, 11) is -3.50. The largest absolute Gasteiger partial charge is 0.338 e. The van der Waals surface area contributed by atoms with E-state index in [1.165, 1.54) is 0 Å². The molecule has 0 saturated carbocycles. The zero-order valence-corrected chi connectivity index (χ0v) is 13.0. The van der Waals surface area contributed by atoms with Crippen molar-refractivity contribution in [1.82, 2.24) is 10.1 Å². The van der Waals surface area contributed by atoms with Gasteiger partial charge in [-0.1, -0.05) is 42.4 Å². The first-order valence-electron chi connectivity index (χ1n) is 7.11. The molecule has 0 saturated heterocycles. The Bertz CT molecular complexity index is 900. The minimum Gasteiger partial charge on any atom is -0.338 e. The highest BCUT2D eigenvalue weighted by atomic mass is 32.2. The summed E-state index contributed by atoms with van der Waals surface area (Å²) in [4.78, 5) is 4.38. The fraction of sp³-hybridized carbons (Fsp3) is 0.250. The van der Waals surface area contributed by atoms with Crippen molar-refractivity contribution >= 4 is 20.6 Å². The van der Waals surface area contributed by atoms with Gasteiger partial charge in [0.15, 0.2) is 15.7 Å². The molecule has 3 aromatic rings. The van der Waals surface area contributed by atoms with Gasteiger partial charge in [-0.25, -0.2) is 8.42 Å². The summed E-state index contributed by atoms with van der Waals surface area (Å²) in [5, 5.41) is 5.68. The van der Waals surface area contributed by atoms with Crippen molar-refractivity contribution in [1.29, 1.82) is 0 Å². The lowest BCUT2D eigenvalue weighted by molar-refractivity contribution is 0.382. The van der Waals surface area contributed by atoms with Crippen molar-refractivity contribution in [2.45, 2.75) is 30.4 Å². The van der Waals surface area contributed by atoms with Gasteiger partial charge in [0.2, 0.25) is 5.89 Å². The molecule has 1 heterocycles. The number of rotatable bonds is 5. The molecule has 3 rings (SSSR count). The van der Waals surface area contributed by atoms with Crippen molar-refractivity contribution in [3.8, 4) is 0 Å². The average molecular weight is 316 g/mol. The fourth-order valence-corrected chi connectivity index (χ4v) is 3.47. The summed E-state index contributed by atoms with van der Waals surface area (Å²) in [6.07, 6.45) is 1.57. The third kappa shape index (κ3) is 3.01. The Hall–Kier alpha value is -2.21. The molecule has 0 fully saturated rings. The van der Waals surface area contributed by atoms with E-state index in [1.54, 1.807) is 18.2 Å². The van der Waals surface area contributed by atoms with Crippen LogP contribution < -0.4 is 0 Å². The van der Waals surface area contributed by atoms with E-state index < -0.39 is 9.84 Å². The molecule has 0 aliphatic rings. The molecule has 0 unspecified atom stereocenters. The molecule has 1 aromatic heterocycles. The molecule has 114 valence electrons. The average Bonchev–Trinajstić information content (AvgIpc) is 2.93. The van der Waals surface area contributed by atoms with Gasteiger partial charge in [-0.3, -0.25) is 0 Å². The molecular weight excluding hydrogens is 300 g/mol. The Morgan fingerprint density at radius 3 is 2.64 bits per heavy atom. The van der Waals surface area contributed by atoms with Gasteiger partial charge in [-0.15, -0.1) is 0 Å². The summed E-state index contributed by atoms with van der Waals surface area (Å²) in [6, 6.07) is 12.7. The van der Waals surface area contributed by atoms with Crippen LogP contribution in [0.4, 0.5) is 0 Å². The van der Waals surface area contributed by atoms with E-state index >= 15 is 0 Å². The van der Waals surface area contributed by atoms with Crippen LogP contribution >= 0.6 is 0 Å². The Kier molecular flexibility index (Phi) is 3.94. The fourth-order valence-electron chi connectivity index (χ4n) is 2.28. The maximum absolute atomic E-state index is 12.5. The predicted molar refractivity (Wildman–Crippen MR) is 83.1 cm³/mol. The van der Waals surface area contributed by atoms with Crippen molar-refractivity contribution in [3.63, 3.8) is 0 Å². The third-order valence-corrected chi connectivity index (χ3v) is 4.98. The van der Waals surface area contributed by atoms with Crippen molar-refractivity contribution in [3.05, 3.63) is 54.2 Å². The zero-order valence-electron chi connectivity index (χ0n) is 12.2. The standard InChI is InChI=1S/C16H16N2O3S/c1-2-5-15-17-16(21-18-15)11-22(19,20)14-9-8-12-6-3-4-7-13(12)10-14/h3-4,6-10H,2,5,11H2,1H3. The number of aryl methyl sites for hydroxylation is 1. The van der Waals surface area contributed by atoms with Crippen molar-refractivity contribution in [2.24, 2.45) is 0 Å². The molecule has 0 N–H and O–H groups in total. The van der Waals surface area contributed by atoms with Gasteiger partial charge in [-0.2, -0.15) is 4.98 Å². The summed E-state index contributed by atoms with van der Waals surface area (Å²) in [5.74, 6) is 0.407. The van der Waals surface area contributed by atoms with Crippen LogP contribution in [0.2, 0.25) is 0 Å². The Labute approximate surface area is 128 Å². The first-order valence-corrected chi connectivity index (χ1v) is 8.77. The molecule has 22 heavy (non-hydrogen) atoms. The van der Waals surface area contributed by atoms with Crippen LogP contribution in [0, 0.1) is 0 Å². The normalized spacial score (nSPS) is 11.9. The van der Waals surface area contributed by atoms with Gasteiger partial charge < -0.3 is 4.52 Å². The van der Waals surface area contributed by atoms with E-state index in [4.69, 9.17) is 4.52 Å². The number of sulfone groups is 1.